The maximum Gasteiger partial charge on any atom is 0.339 e. The van der Waals surface area contributed by atoms with E-state index in [-0.39, 0.29) is 6.29 Å². The molecule has 292 valence electrons. The highest BCUT2D eigenvalue weighted by Gasteiger charge is 2.46. The Kier molecular flexibility index (Phi) is 9.06. The molecular weight excluding hydrogens is 760 g/mol. The van der Waals surface area contributed by atoms with Crippen LogP contribution in [0.25, 0.3) is 22.3 Å². The monoisotopic (exact) mass is 784 g/mol. The second kappa shape index (κ2) is 13.4. The number of fused-ring (bicyclic) bond motifs is 6. The van der Waals surface area contributed by atoms with Crippen molar-refractivity contribution >= 4 is 30.2 Å². The number of hydrogen-bond acceptors (Lipinski definition) is 22. The Bertz CT molecular complexity index is 2420. The number of carbonyl (C=O) groups excluding carboxylic acids is 5. The topological polar surface area (TPSA) is 385 Å². The molecule has 22 heteroatoms. The van der Waals surface area contributed by atoms with Gasteiger partial charge in [0.05, 0.1) is 22.3 Å². The molecule has 4 atom stereocenters. The number of aliphatic hydroxyl groups is 1. The third kappa shape index (κ3) is 5.77. The van der Waals surface area contributed by atoms with E-state index >= 15 is 0 Å². The zero-order valence-electron chi connectivity index (χ0n) is 27.4. The third-order valence-electron chi connectivity index (χ3n) is 8.67. The molecule has 0 radical (unpaired) electrons. The Balaban J connectivity index is 1.58. The first-order valence-electron chi connectivity index (χ1n) is 15.4. The smallest absolute Gasteiger partial charge is 0.339 e. The number of cyclic esters (lactones) is 4. The fraction of sp³-hybridized carbons (Fsp3) is 0.147. The molecule has 56 heavy (non-hydrogen) atoms. The number of aldehydes is 1. The van der Waals surface area contributed by atoms with Crippen molar-refractivity contribution in [2.75, 3.05) is 6.61 Å². The number of phenolic OH excluding ortho intramolecular Hbond substituents is 12. The van der Waals surface area contributed by atoms with Gasteiger partial charge in [0.15, 0.2) is 70.6 Å². The summed E-state index contributed by atoms with van der Waals surface area (Å²) < 4.78 is 20.9. The number of ether oxygens (including phenoxy) is 4. The Hall–Kier alpha value is -8.01. The van der Waals surface area contributed by atoms with Crippen molar-refractivity contribution in [2.24, 2.45) is 0 Å². The molecule has 2 heterocycles. The van der Waals surface area contributed by atoms with E-state index < -0.39 is 168 Å². The van der Waals surface area contributed by atoms with E-state index in [9.17, 15) is 90.4 Å². The average Bonchev–Trinajstić information content (AvgIpc) is 3.17. The van der Waals surface area contributed by atoms with Crippen LogP contribution in [-0.4, -0.2) is 128 Å². The zero-order valence-corrected chi connectivity index (χ0v) is 27.4. The minimum Gasteiger partial charge on any atom is -0.504 e. The van der Waals surface area contributed by atoms with Gasteiger partial charge in [0.25, 0.3) is 0 Å². The van der Waals surface area contributed by atoms with Gasteiger partial charge in [-0.05, 0) is 24.3 Å². The first-order chi connectivity index (χ1) is 26.3. The van der Waals surface area contributed by atoms with Crippen LogP contribution >= 0.6 is 0 Å². The van der Waals surface area contributed by atoms with Gasteiger partial charge in [0, 0.05) is 22.3 Å². The summed E-state index contributed by atoms with van der Waals surface area (Å²) in [6.07, 6.45) is -10.4. The second-order valence-electron chi connectivity index (χ2n) is 12.0. The Morgan fingerprint density at radius 1 is 0.446 bits per heavy atom. The quantitative estimate of drug-likeness (QED) is 0.0569. The van der Waals surface area contributed by atoms with Crippen LogP contribution in [0.4, 0.5) is 0 Å². The summed E-state index contributed by atoms with van der Waals surface area (Å²) in [6, 6.07) is 1.71. The average molecular weight is 785 g/mol. The maximum atomic E-state index is 14.0. The van der Waals surface area contributed by atoms with Crippen LogP contribution in [-0.2, 0) is 23.7 Å². The van der Waals surface area contributed by atoms with Crippen molar-refractivity contribution in [2.45, 2.75) is 24.4 Å². The molecule has 6 rings (SSSR count). The molecule has 0 saturated heterocycles. The minimum absolute atomic E-state index is 0.245. The molecule has 0 fully saturated rings. The molecule has 2 aliphatic heterocycles. The Labute approximate surface area is 308 Å². The minimum atomic E-state index is -2.58. The van der Waals surface area contributed by atoms with Gasteiger partial charge in [-0.3, -0.25) is 4.79 Å². The number of rotatable bonds is 2. The van der Waals surface area contributed by atoms with Crippen molar-refractivity contribution in [3.63, 3.8) is 0 Å². The highest BCUT2D eigenvalue weighted by Crippen LogP contribution is 2.54. The SMILES string of the molecule is O=CC1OC(=O)c2cc(O)c(O)c(O)c2-c2c(cc(O)c(O)c2O)C(=O)OC1C1OC(=O)c2cc(O)c(O)c(O)c2-c2c(cc(O)c(O)c2O)C(=O)OCC1O. The molecule has 0 aromatic heterocycles. The van der Waals surface area contributed by atoms with Gasteiger partial charge in [0.2, 0.25) is 23.0 Å². The lowest BCUT2D eigenvalue weighted by Gasteiger charge is -2.33. The van der Waals surface area contributed by atoms with Crippen LogP contribution in [0.3, 0.4) is 0 Å². The van der Waals surface area contributed by atoms with E-state index in [0.717, 1.165) is 0 Å². The molecule has 4 aromatic rings. The van der Waals surface area contributed by atoms with Gasteiger partial charge in [-0.2, -0.15) is 0 Å². The van der Waals surface area contributed by atoms with Crippen LogP contribution in [0.2, 0.25) is 0 Å². The first-order valence-corrected chi connectivity index (χ1v) is 15.4. The molecule has 0 bridgehead atoms. The van der Waals surface area contributed by atoms with E-state index in [1.165, 1.54) is 0 Å². The van der Waals surface area contributed by atoms with Crippen LogP contribution < -0.4 is 0 Å². The molecule has 4 aromatic carbocycles. The Morgan fingerprint density at radius 3 is 1.09 bits per heavy atom. The van der Waals surface area contributed by atoms with E-state index in [2.05, 4.69) is 0 Å². The largest absolute Gasteiger partial charge is 0.504 e. The summed E-state index contributed by atoms with van der Waals surface area (Å²) in [6.45, 7) is -1.32. The molecule has 0 aliphatic carbocycles. The molecule has 0 spiro atoms. The molecule has 2 aliphatic rings. The van der Waals surface area contributed by atoms with Gasteiger partial charge in [-0.15, -0.1) is 0 Å². The normalized spacial score (nSPS) is 19.7. The summed E-state index contributed by atoms with van der Waals surface area (Å²) in [4.78, 5) is 67.4. The zero-order chi connectivity index (χ0) is 41.2. The van der Waals surface area contributed by atoms with Crippen LogP contribution in [0, 0.1) is 0 Å². The van der Waals surface area contributed by atoms with E-state index in [1.807, 2.05) is 0 Å². The van der Waals surface area contributed by atoms with Crippen molar-refractivity contribution in [3.05, 3.63) is 46.5 Å². The van der Waals surface area contributed by atoms with Crippen molar-refractivity contribution < 1.29 is 109 Å². The van der Waals surface area contributed by atoms with Crippen LogP contribution in [0.5, 0.6) is 69.0 Å². The fourth-order valence-corrected chi connectivity index (χ4v) is 5.99. The lowest BCUT2D eigenvalue weighted by Crippen LogP contribution is -2.53. The summed E-state index contributed by atoms with van der Waals surface area (Å²) >= 11 is 0. The van der Waals surface area contributed by atoms with Crippen LogP contribution in [0.15, 0.2) is 24.3 Å². The Morgan fingerprint density at radius 2 is 0.750 bits per heavy atom. The van der Waals surface area contributed by atoms with E-state index in [0.29, 0.717) is 24.3 Å². The first kappa shape index (κ1) is 37.7. The number of benzene rings is 4. The summed E-state index contributed by atoms with van der Waals surface area (Å²) in [5.74, 6) is -22.9. The predicted octanol–water partition coefficient (Wildman–Crippen LogP) is 0.508. The number of esters is 4. The molecular formula is C34H24O22. The number of hydrogen-bond donors (Lipinski definition) is 13. The number of aromatic hydroxyl groups is 12. The number of carbonyl (C=O) groups is 5. The maximum absolute atomic E-state index is 14.0. The number of aliphatic hydroxyl groups excluding tert-OH is 1. The van der Waals surface area contributed by atoms with E-state index in [1.54, 1.807) is 0 Å². The second-order valence-corrected chi connectivity index (χ2v) is 12.0. The molecule has 22 nitrogen and oxygen atoms in total. The van der Waals surface area contributed by atoms with E-state index in [4.69, 9.17) is 18.9 Å². The van der Waals surface area contributed by atoms with Gasteiger partial charge < -0.3 is 85.3 Å². The van der Waals surface area contributed by atoms with Crippen molar-refractivity contribution in [1.29, 1.82) is 0 Å². The van der Waals surface area contributed by atoms with Gasteiger partial charge in [-0.1, -0.05) is 0 Å². The standard InChI is InChI=1S/C34H24O22/c35-5-16-30(56-34(52)10-4-14(39)24(44)28(48)20(10)18-8(32(50)54-16)2-12(37)22(42)26(18)46)29-15(40)6-53-31(49)7-1-11(36)21(41)25(45)17(7)19-9(33(51)55-29)3-13(38)23(43)27(19)47/h1-5,15-16,29-30,36-48H,6H2. The fourth-order valence-electron chi connectivity index (χ4n) is 5.99. The van der Waals surface area contributed by atoms with Crippen molar-refractivity contribution in [1.82, 2.24) is 0 Å². The molecule has 0 amide bonds. The molecule has 0 saturated carbocycles. The summed E-state index contributed by atoms with van der Waals surface area (Å²) in [7, 11) is 0. The lowest BCUT2D eigenvalue weighted by atomic mass is 9.91. The molecule has 4 unspecified atom stereocenters. The van der Waals surface area contributed by atoms with Crippen LogP contribution in [0.1, 0.15) is 41.4 Å². The van der Waals surface area contributed by atoms with Gasteiger partial charge in [0.1, 0.15) is 12.7 Å². The summed E-state index contributed by atoms with van der Waals surface area (Å²) in [5, 5.41) is 137. The highest BCUT2D eigenvalue weighted by molar-refractivity contribution is 6.10. The highest BCUT2D eigenvalue weighted by atomic mass is 16.6. The van der Waals surface area contributed by atoms with Gasteiger partial charge >= 0.3 is 23.9 Å². The molecule has 13 N–H and O–H groups in total. The third-order valence-corrected chi connectivity index (χ3v) is 8.67. The van der Waals surface area contributed by atoms with Crippen molar-refractivity contribution in [3.8, 4) is 91.2 Å². The summed E-state index contributed by atoms with van der Waals surface area (Å²) in [5.41, 5.74) is -8.34. The number of phenols is 12. The van der Waals surface area contributed by atoms with Gasteiger partial charge in [-0.25, -0.2) is 19.2 Å². The lowest BCUT2D eigenvalue weighted by molar-refractivity contribution is -0.142. The predicted molar refractivity (Wildman–Crippen MR) is 174 cm³/mol.